The number of methoxy groups -OCH3 is 1. The summed E-state index contributed by atoms with van der Waals surface area (Å²) in [5, 5.41) is 10.2. The van der Waals surface area contributed by atoms with Gasteiger partial charge in [0.05, 0.1) is 7.11 Å². The number of hydrogen-bond acceptors (Lipinski definition) is 4. The van der Waals surface area contributed by atoms with Crippen molar-refractivity contribution in [2.45, 2.75) is 39.8 Å². The molecule has 30 heavy (non-hydrogen) atoms. The Morgan fingerprint density at radius 2 is 1.97 bits per heavy atom. The molecular formula is C25H32FN3O. The molecule has 0 aliphatic carbocycles. The van der Waals surface area contributed by atoms with Gasteiger partial charge >= 0.3 is 0 Å². The molecule has 4 rings (SSSR count). The van der Waals surface area contributed by atoms with Crippen LogP contribution in [0.4, 0.5) is 10.1 Å². The summed E-state index contributed by atoms with van der Waals surface area (Å²) in [5.74, 6) is 0.689. The van der Waals surface area contributed by atoms with Crippen molar-refractivity contribution in [1.82, 2.24) is 10.6 Å². The Kier molecular flexibility index (Phi) is 7.52. The molecule has 1 atom stereocenters. The van der Waals surface area contributed by atoms with E-state index < -0.39 is 0 Å². The first-order valence-electron chi connectivity index (χ1n) is 10.7. The number of dihydropyridines is 1. The van der Waals surface area contributed by atoms with E-state index in [0.717, 1.165) is 48.5 Å². The number of allylic oxidation sites excluding steroid dienone is 2. The molecule has 160 valence electrons. The summed E-state index contributed by atoms with van der Waals surface area (Å²) in [7, 11) is 1.70. The van der Waals surface area contributed by atoms with Crippen LogP contribution in [-0.4, -0.2) is 20.2 Å². The molecule has 0 bridgehead atoms. The maximum Gasteiger partial charge on any atom is 0.138 e. The fraction of sp³-hybridized carbons (Fsp3) is 0.360. The molecule has 0 spiro atoms. The summed E-state index contributed by atoms with van der Waals surface area (Å²) in [4.78, 5) is 0. The van der Waals surface area contributed by atoms with Crippen molar-refractivity contribution in [3.8, 4) is 16.9 Å². The van der Waals surface area contributed by atoms with Gasteiger partial charge in [-0.1, -0.05) is 38.1 Å². The van der Waals surface area contributed by atoms with Crippen molar-refractivity contribution in [3.63, 3.8) is 0 Å². The molecule has 0 fully saturated rings. The summed E-state index contributed by atoms with van der Waals surface area (Å²) in [5.41, 5.74) is 6.99. The Balaban J connectivity index is 0.00000124. The molecule has 0 amide bonds. The highest BCUT2D eigenvalue weighted by Gasteiger charge is 2.24. The van der Waals surface area contributed by atoms with E-state index in [4.69, 9.17) is 4.74 Å². The Labute approximate surface area is 179 Å². The van der Waals surface area contributed by atoms with Crippen molar-refractivity contribution < 1.29 is 9.13 Å². The molecule has 2 aromatic carbocycles. The number of rotatable bonds is 6. The summed E-state index contributed by atoms with van der Waals surface area (Å²) in [6.45, 7) is 7.64. The van der Waals surface area contributed by atoms with Gasteiger partial charge in [0, 0.05) is 30.1 Å². The van der Waals surface area contributed by atoms with Gasteiger partial charge in [-0.15, -0.1) is 0 Å². The van der Waals surface area contributed by atoms with Gasteiger partial charge in [-0.25, -0.2) is 4.39 Å². The average Bonchev–Trinajstić information content (AvgIpc) is 2.78. The van der Waals surface area contributed by atoms with Gasteiger partial charge in [-0.05, 0) is 60.7 Å². The lowest BCUT2D eigenvalue weighted by molar-refractivity contribution is 0.412. The fourth-order valence-corrected chi connectivity index (χ4v) is 3.93. The summed E-state index contributed by atoms with van der Waals surface area (Å²) in [6.07, 6.45) is 4.91. The SMILES string of the molecule is CC.COc1cc2c(cc1C)-c1ccccc1C(NCCCC1=CC(F)=CNC1)N2. The summed E-state index contributed by atoms with van der Waals surface area (Å²) >= 11 is 0. The highest BCUT2D eigenvalue weighted by atomic mass is 19.1. The standard InChI is InChI=1S/C23H26FN3O.C2H6/c1-15-10-20-18-7-3-4-8-19(18)23(27-21(20)12-22(15)28-2)26-9-5-6-16-11-17(24)14-25-13-16;1-2/h3-4,7-8,10-12,14,23,25-27H,5-6,9,13H2,1-2H3;1-2H3. The van der Waals surface area contributed by atoms with Crippen LogP contribution in [0.25, 0.3) is 11.1 Å². The molecule has 0 radical (unpaired) electrons. The zero-order valence-corrected chi connectivity index (χ0v) is 18.3. The van der Waals surface area contributed by atoms with Crippen molar-refractivity contribution in [2.75, 3.05) is 25.5 Å². The van der Waals surface area contributed by atoms with Crippen molar-refractivity contribution in [3.05, 3.63) is 71.2 Å². The van der Waals surface area contributed by atoms with Crippen molar-refractivity contribution >= 4 is 5.69 Å². The Morgan fingerprint density at radius 1 is 1.17 bits per heavy atom. The number of fused-ring (bicyclic) bond motifs is 3. The maximum atomic E-state index is 13.3. The van der Waals surface area contributed by atoms with Crippen molar-refractivity contribution in [1.29, 1.82) is 0 Å². The normalized spacial score (nSPS) is 16.5. The quantitative estimate of drug-likeness (QED) is 0.525. The molecule has 2 aliphatic rings. The van der Waals surface area contributed by atoms with E-state index in [2.05, 4.69) is 59.3 Å². The monoisotopic (exact) mass is 409 g/mol. The highest BCUT2D eigenvalue weighted by molar-refractivity contribution is 5.85. The number of ether oxygens (including phenoxy) is 1. The molecule has 5 heteroatoms. The second kappa shape index (κ2) is 10.3. The molecular weight excluding hydrogens is 377 g/mol. The van der Waals surface area contributed by atoms with E-state index in [0.29, 0.717) is 0 Å². The number of halogens is 1. The van der Waals surface area contributed by atoms with Gasteiger partial charge < -0.3 is 15.4 Å². The van der Waals surface area contributed by atoms with E-state index in [9.17, 15) is 4.39 Å². The summed E-state index contributed by atoms with van der Waals surface area (Å²) in [6, 6.07) is 12.7. The fourth-order valence-electron chi connectivity index (χ4n) is 3.93. The molecule has 0 saturated heterocycles. The minimum atomic E-state index is -0.196. The van der Waals surface area contributed by atoms with E-state index in [-0.39, 0.29) is 12.0 Å². The highest BCUT2D eigenvalue weighted by Crippen LogP contribution is 2.42. The van der Waals surface area contributed by atoms with Gasteiger partial charge in [-0.3, -0.25) is 5.32 Å². The number of benzene rings is 2. The third kappa shape index (κ3) is 4.85. The van der Waals surface area contributed by atoms with E-state index >= 15 is 0 Å². The van der Waals surface area contributed by atoms with E-state index in [1.54, 1.807) is 13.2 Å². The zero-order chi connectivity index (χ0) is 21.5. The van der Waals surface area contributed by atoms with Crippen LogP contribution in [0.2, 0.25) is 0 Å². The van der Waals surface area contributed by atoms with Gasteiger partial charge in [0.15, 0.2) is 0 Å². The number of hydrogen-bond donors (Lipinski definition) is 3. The third-order valence-electron chi connectivity index (χ3n) is 5.33. The first-order chi connectivity index (χ1) is 14.7. The van der Waals surface area contributed by atoms with Crippen LogP contribution in [0.5, 0.6) is 5.75 Å². The maximum absolute atomic E-state index is 13.3. The van der Waals surface area contributed by atoms with Crippen LogP contribution in [0.3, 0.4) is 0 Å². The van der Waals surface area contributed by atoms with Gasteiger partial charge in [0.2, 0.25) is 0 Å². The molecule has 1 unspecified atom stereocenters. The van der Waals surface area contributed by atoms with Crippen LogP contribution < -0.4 is 20.7 Å². The molecule has 4 nitrogen and oxygen atoms in total. The Hall–Kier alpha value is -2.79. The minimum absolute atomic E-state index is 0.0335. The van der Waals surface area contributed by atoms with Crippen molar-refractivity contribution in [2.24, 2.45) is 0 Å². The van der Waals surface area contributed by atoms with Gasteiger partial charge in [0.1, 0.15) is 17.7 Å². The third-order valence-corrected chi connectivity index (χ3v) is 5.33. The minimum Gasteiger partial charge on any atom is -0.496 e. The van der Waals surface area contributed by atoms with Crippen LogP contribution in [0.1, 0.15) is 44.0 Å². The van der Waals surface area contributed by atoms with Crippen LogP contribution in [-0.2, 0) is 0 Å². The largest absolute Gasteiger partial charge is 0.496 e. The second-order valence-electron chi connectivity index (χ2n) is 7.30. The lowest BCUT2D eigenvalue weighted by Crippen LogP contribution is -2.31. The molecule has 2 heterocycles. The number of nitrogens with one attached hydrogen (secondary N) is 3. The molecule has 2 aliphatic heterocycles. The Bertz CT molecular complexity index is 936. The predicted molar refractivity (Wildman–Crippen MR) is 123 cm³/mol. The van der Waals surface area contributed by atoms with E-state index in [1.165, 1.54) is 22.9 Å². The predicted octanol–water partition coefficient (Wildman–Crippen LogP) is 5.83. The number of anilines is 1. The van der Waals surface area contributed by atoms with Gasteiger partial charge in [0.25, 0.3) is 0 Å². The molecule has 0 saturated carbocycles. The number of aryl methyl sites for hydroxylation is 1. The zero-order valence-electron chi connectivity index (χ0n) is 18.3. The van der Waals surface area contributed by atoms with Crippen LogP contribution in [0, 0.1) is 6.92 Å². The topological polar surface area (TPSA) is 45.3 Å². The average molecular weight is 410 g/mol. The lowest BCUT2D eigenvalue weighted by Gasteiger charge is -2.31. The smallest absolute Gasteiger partial charge is 0.138 e. The lowest BCUT2D eigenvalue weighted by atomic mass is 9.91. The van der Waals surface area contributed by atoms with Crippen LogP contribution in [0.15, 0.2) is 60.1 Å². The Morgan fingerprint density at radius 3 is 2.73 bits per heavy atom. The van der Waals surface area contributed by atoms with Gasteiger partial charge in [-0.2, -0.15) is 0 Å². The molecule has 3 N–H and O–H groups in total. The molecule has 0 aromatic heterocycles. The van der Waals surface area contributed by atoms with E-state index in [1.807, 2.05) is 13.8 Å². The summed E-state index contributed by atoms with van der Waals surface area (Å²) < 4.78 is 18.8. The molecule has 2 aromatic rings. The first-order valence-corrected chi connectivity index (χ1v) is 10.7. The second-order valence-corrected chi connectivity index (χ2v) is 7.30. The first kappa shape index (κ1) is 21.9. The van der Waals surface area contributed by atoms with Crippen LogP contribution >= 0.6 is 0 Å².